The highest BCUT2D eigenvalue weighted by Crippen LogP contribution is 2.23. The van der Waals surface area contributed by atoms with Crippen LogP contribution >= 0.6 is 0 Å². The minimum Gasteiger partial charge on any atom is -0.497 e. The number of nitro groups is 1. The lowest BCUT2D eigenvalue weighted by atomic mass is 10.0. The number of methoxy groups -OCH3 is 1. The standard InChI is InChI=1S/C25H31N3O5/c1-3-22(25(30)26-20-11-5-6-12-20)27(17-18-9-8-13-21(15-18)33-2)24(29)16-19-10-4-7-14-23(19)28(31)32/h4,7-10,13-15,20,22H,3,5-6,11-12,16-17H2,1-2H3,(H,26,30)/t22-/m0/s1. The van der Waals surface area contributed by atoms with Gasteiger partial charge in [0.15, 0.2) is 0 Å². The van der Waals surface area contributed by atoms with Crippen molar-refractivity contribution in [3.05, 3.63) is 69.8 Å². The zero-order valence-corrected chi connectivity index (χ0v) is 19.2. The molecular formula is C25H31N3O5. The summed E-state index contributed by atoms with van der Waals surface area (Å²) in [6.45, 7) is 2.07. The Morgan fingerprint density at radius 3 is 2.58 bits per heavy atom. The molecule has 1 aliphatic rings. The Bertz CT molecular complexity index is 988. The van der Waals surface area contributed by atoms with Crippen LogP contribution in [-0.2, 0) is 22.6 Å². The van der Waals surface area contributed by atoms with E-state index in [0.29, 0.717) is 17.7 Å². The monoisotopic (exact) mass is 453 g/mol. The van der Waals surface area contributed by atoms with Gasteiger partial charge in [-0.3, -0.25) is 19.7 Å². The molecule has 0 saturated heterocycles. The average Bonchev–Trinajstić information content (AvgIpc) is 3.32. The highest BCUT2D eigenvalue weighted by molar-refractivity contribution is 5.89. The summed E-state index contributed by atoms with van der Waals surface area (Å²) in [5.41, 5.74) is 1.04. The van der Waals surface area contributed by atoms with E-state index in [4.69, 9.17) is 4.74 Å². The van der Waals surface area contributed by atoms with Crippen LogP contribution in [0, 0.1) is 10.1 Å². The number of benzene rings is 2. The normalized spacial score (nSPS) is 14.5. The summed E-state index contributed by atoms with van der Waals surface area (Å²) in [4.78, 5) is 39.1. The van der Waals surface area contributed by atoms with Crippen LogP contribution in [0.4, 0.5) is 5.69 Å². The van der Waals surface area contributed by atoms with Crippen LogP contribution in [0.5, 0.6) is 5.75 Å². The fraction of sp³-hybridized carbons (Fsp3) is 0.440. The topological polar surface area (TPSA) is 102 Å². The number of amides is 2. The second kappa shape index (κ2) is 11.4. The number of carbonyl (C=O) groups excluding carboxylic acids is 2. The summed E-state index contributed by atoms with van der Waals surface area (Å²) in [7, 11) is 1.57. The van der Waals surface area contributed by atoms with Crippen LogP contribution in [0.15, 0.2) is 48.5 Å². The lowest BCUT2D eigenvalue weighted by Crippen LogP contribution is -2.51. The van der Waals surface area contributed by atoms with Crippen LogP contribution in [-0.4, -0.2) is 40.8 Å². The summed E-state index contributed by atoms with van der Waals surface area (Å²) < 4.78 is 5.30. The first-order valence-corrected chi connectivity index (χ1v) is 11.4. The first kappa shape index (κ1) is 24.2. The zero-order chi connectivity index (χ0) is 23.8. The maximum absolute atomic E-state index is 13.5. The molecule has 1 aliphatic carbocycles. The molecule has 1 fully saturated rings. The maximum atomic E-state index is 13.5. The van der Waals surface area contributed by atoms with Crippen molar-refractivity contribution in [3.63, 3.8) is 0 Å². The first-order chi connectivity index (χ1) is 15.9. The highest BCUT2D eigenvalue weighted by Gasteiger charge is 2.31. The Balaban J connectivity index is 1.88. The molecule has 3 rings (SSSR count). The van der Waals surface area contributed by atoms with Gasteiger partial charge in [-0.1, -0.05) is 50.1 Å². The second-order valence-electron chi connectivity index (χ2n) is 8.35. The van der Waals surface area contributed by atoms with Crippen molar-refractivity contribution in [1.29, 1.82) is 0 Å². The van der Waals surface area contributed by atoms with Gasteiger partial charge in [-0.05, 0) is 37.0 Å². The highest BCUT2D eigenvalue weighted by atomic mass is 16.6. The molecule has 0 unspecified atom stereocenters. The smallest absolute Gasteiger partial charge is 0.273 e. The van der Waals surface area contributed by atoms with Crippen molar-refractivity contribution in [3.8, 4) is 5.75 Å². The third-order valence-corrected chi connectivity index (χ3v) is 6.10. The molecule has 8 nitrogen and oxygen atoms in total. The molecule has 2 aromatic rings. The largest absolute Gasteiger partial charge is 0.497 e. The summed E-state index contributed by atoms with van der Waals surface area (Å²) in [6.07, 6.45) is 4.35. The van der Waals surface area contributed by atoms with E-state index in [2.05, 4.69) is 5.32 Å². The molecule has 33 heavy (non-hydrogen) atoms. The van der Waals surface area contributed by atoms with E-state index in [-0.39, 0.29) is 36.5 Å². The van der Waals surface area contributed by atoms with Crippen molar-refractivity contribution in [2.75, 3.05) is 7.11 Å². The maximum Gasteiger partial charge on any atom is 0.273 e. The molecule has 0 bridgehead atoms. The van der Waals surface area contributed by atoms with Gasteiger partial charge in [-0.15, -0.1) is 0 Å². The molecule has 1 atom stereocenters. The quantitative estimate of drug-likeness (QED) is 0.433. The predicted octanol–water partition coefficient (Wildman–Crippen LogP) is 4.01. The molecule has 1 N–H and O–H groups in total. The van der Waals surface area contributed by atoms with Crippen LogP contribution in [0.1, 0.15) is 50.2 Å². The van der Waals surface area contributed by atoms with Crippen LogP contribution in [0.3, 0.4) is 0 Å². The number of ether oxygens (including phenoxy) is 1. The van der Waals surface area contributed by atoms with Gasteiger partial charge in [0.2, 0.25) is 11.8 Å². The van der Waals surface area contributed by atoms with E-state index in [1.54, 1.807) is 25.3 Å². The molecule has 0 aliphatic heterocycles. The van der Waals surface area contributed by atoms with Gasteiger partial charge in [-0.25, -0.2) is 0 Å². The minimum atomic E-state index is -0.674. The zero-order valence-electron chi connectivity index (χ0n) is 19.2. The van der Waals surface area contributed by atoms with Gasteiger partial charge in [0.05, 0.1) is 18.5 Å². The average molecular weight is 454 g/mol. The molecule has 0 heterocycles. The van der Waals surface area contributed by atoms with Gasteiger partial charge >= 0.3 is 0 Å². The minimum absolute atomic E-state index is 0.101. The van der Waals surface area contributed by atoms with E-state index in [1.807, 2.05) is 31.2 Å². The SMILES string of the molecule is CC[C@@H](C(=O)NC1CCCC1)N(Cc1cccc(OC)c1)C(=O)Cc1ccccc1[N+](=O)[O-]. The summed E-state index contributed by atoms with van der Waals surface area (Å²) in [5.74, 6) is 0.144. The summed E-state index contributed by atoms with van der Waals surface area (Å²) in [5, 5.41) is 14.5. The number of carbonyl (C=O) groups is 2. The Morgan fingerprint density at radius 1 is 1.18 bits per heavy atom. The van der Waals surface area contributed by atoms with Crippen molar-refractivity contribution in [1.82, 2.24) is 10.2 Å². The Morgan fingerprint density at radius 2 is 1.91 bits per heavy atom. The van der Waals surface area contributed by atoms with Crippen molar-refractivity contribution in [2.24, 2.45) is 0 Å². The number of para-hydroxylation sites is 1. The molecule has 2 amide bonds. The number of hydrogen-bond donors (Lipinski definition) is 1. The number of rotatable bonds is 10. The molecule has 1 saturated carbocycles. The lowest BCUT2D eigenvalue weighted by molar-refractivity contribution is -0.385. The fourth-order valence-corrected chi connectivity index (χ4v) is 4.36. The number of nitrogens with zero attached hydrogens (tertiary/aromatic N) is 2. The summed E-state index contributed by atoms with van der Waals surface area (Å²) >= 11 is 0. The van der Waals surface area contributed by atoms with Crippen LogP contribution < -0.4 is 10.1 Å². The molecule has 2 aromatic carbocycles. The lowest BCUT2D eigenvalue weighted by Gasteiger charge is -2.31. The molecule has 0 spiro atoms. The Hall–Kier alpha value is -3.42. The van der Waals surface area contributed by atoms with Gasteiger partial charge in [0.25, 0.3) is 5.69 Å². The second-order valence-corrected chi connectivity index (χ2v) is 8.35. The van der Waals surface area contributed by atoms with Gasteiger partial charge < -0.3 is 15.0 Å². The van der Waals surface area contributed by atoms with E-state index in [0.717, 1.165) is 31.2 Å². The van der Waals surface area contributed by atoms with Crippen molar-refractivity contribution < 1.29 is 19.2 Å². The molecule has 8 heteroatoms. The number of hydrogen-bond acceptors (Lipinski definition) is 5. The van der Waals surface area contributed by atoms with E-state index >= 15 is 0 Å². The Labute approximate surface area is 194 Å². The number of nitro benzene ring substituents is 1. The Kier molecular flexibility index (Phi) is 8.40. The van der Waals surface area contributed by atoms with Crippen LogP contribution in [0.2, 0.25) is 0 Å². The number of nitrogens with one attached hydrogen (secondary N) is 1. The van der Waals surface area contributed by atoms with Crippen molar-refractivity contribution in [2.45, 2.75) is 64.1 Å². The van der Waals surface area contributed by atoms with Gasteiger partial charge in [0.1, 0.15) is 11.8 Å². The van der Waals surface area contributed by atoms with E-state index in [9.17, 15) is 19.7 Å². The third-order valence-electron chi connectivity index (χ3n) is 6.10. The van der Waals surface area contributed by atoms with Crippen LogP contribution in [0.25, 0.3) is 0 Å². The van der Waals surface area contributed by atoms with Crippen molar-refractivity contribution >= 4 is 17.5 Å². The van der Waals surface area contributed by atoms with E-state index in [1.165, 1.54) is 11.0 Å². The van der Waals surface area contributed by atoms with Gasteiger partial charge in [-0.2, -0.15) is 0 Å². The fourth-order valence-electron chi connectivity index (χ4n) is 4.36. The summed E-state index contributed by atoms with van der Waals surface area (Å²) in [6, 6.07) is 13.0. The third kappa shape index (κ3) is 6.31. The molecular weight excluding hydrogens is 422 g/mol. The predicted molar refractivity (Wildman–Crippen MR) is 125 cm³/mol. The van der Waals surface area contributed by atoms with E-state index < -0.39 is 11.0 Å². The molecule has 0 radical (unpaired) electrons. The molecule has 176 valence electrons. The first-order valence-electron chi connectivity index (χ1n) is 11.4. The van der Waals surface area contributed by atoms with Gasteiger partial charge in [0, 0.05) is 24.2 Å². The molecule has 0 aromatic heterocycles.